The second kappa shape index (κ2) is 8.59. The van der Waals surface area contributed by atoms with Crippen LogP contribution in [0.1, 0.15) is 11.1 Å². The quantitative estimate of drug-likeness (QED) is 0.493. The van der Waals surface area contributed by atoms with Crippen LogP contribution in [0, 0.1) is 5.82 Å². The predicted molar refractivity (Wildman–Crippen MR) is 97.5 cm³/mol. The molecule has 1 amide bonds. The van der Waals surface area contributed by atoms with Crippen LogP contribution in [-0.2, 0) is 11.3 Å². The largest absolute Gasteiger partial charge is 0.573 e. The molecule has 0 unspecified atom stereocenters. The van der Waals surface area contributed by atoms with E-state index < -0.39 is 18.1 Å². The minimum Gasteiger partial charge on any atom is -0.406 e. The van der Waals surface area contributed by atoms with Crippen LogP contribution in [0.25, 0.3) is 11.8 Å². The maximum Gasteiger partial charge on any atom is 0.573 e. The number of amides is 1. The van der Waals surface area contributed by atoms with E-state index in [0.29, 0.717) is 16.8 Å². The van der Waals surface area contributed by atoms with Crippen LogP contribution in [0.5, 0.6) is 5.75 Å². The van der Waals surface area contributed by atoms with Crippen molar-refractivity contribution in [3.8, 4) is 11.4 Å². The Kier molecular flexibility index (Phi) is 5.96. The van der Waals surface area contributed by atoms with Crippen LogP contribution in [0.2, 0.25) is 0 Å². The molecule has 3 rings (SSSR count). The first-order valence-corrected chi connectivity index (χ1v) is 8.39. The average Bonchev–Trinajstić information content (AvgIpc) is 3.19. The molecule has 29 heavy (non-hydrogen) atoms. The Labute approximate surface area is 163 Å². The Bertz CT molecular complexity index is 998. The molecule has 0 bridgehead atoms. The Morgan fingerprint density at radius 2 is 1.93 bits per heavy atom. The molecule has 0 aliphatic heterocycles. The van der Waals surface area contributed by atoms with Crippen molar-refractivity contribution < 1.29 is 27.1 Å². The molecule has 0 saturated heterocycles. The Balaban J connectivity index is 1.54. The van der Waals surface area contributed by atoms with E-state index in [1.54, 1.807) is 18.3 Å². The number of nitrogens with one attached hydrogen (secondary N) is 1. The smallest absolute Gasteiger partial charge is 0.406 e. The predicted octanol–water partition coefficient (Wildman–Crippen LogP) is 4.24. The number of aromatic nitrogens is 2. The fourth-order valence-electron chi connectivity index (χ4n) is 2.47. The highest BCUT2D eigenvalue weighted by Gasteiger charge is 2.30. The van der Waals surface area contributed by atoms with Crippen molar-refractivity contribution in [3.05, 3.63) is 84.2 Å². The number of nitrogens with zero attached hydrogens (tertiary/aromatic N) is 2. The van der Waals surface area contributed by atoms with Gasteiger partial charge in [-0.1, -0.05) is 18.2 Å². The fourth-order valence-corrected chi connectivity index (χ4v) is 2.47. The molecule has 1 aromatic heterocycles. The average molecular weight is 405 g/mol. The van der Waals surface area contributed by atoms with E-state index in [1.165, 1.54) is 47.4 Å². The summed E-state index contributed by atoms with van der Waals surface area (Å²) in [5, 5.41) is 2.61. The maximum atomic E-state index is 14.2. The number of carbonyl (C=O) groups is 1. The normalized spacial score (nSPS) is 11.6. The lowest BCUT2D eigenvalue weighted by molar-refractivity contribution is -0.274. The zero-order chi connectivity index (χ0) is 20.9. The molecule has 0 aliphatic rings. The van der Waals surface area contributed by atoms with Gasteiger partial charge in [-0.05, 0) is 41.5 Å². The second-order valence-corrected chi connectivity index (χ2v) is 5.92. The minimum atomic E-state index is -4.76. The van der Waals surface area contributed by atoms with E-state index in [9.17, 15) is 22.4 Å². The molecule has 3 aromatic rings. The van der Waals surface area contributed by atoms with Gasteiger partial charge in [-0.25, -0.2) is 9.37 Å². The number of imidazole rings is 1. The summed E-state index contributed by atoms with van der Waals surface area (Å²) in [6.45, 7) is 0.114. The van der Waals surface area contributed by atoms with E-state index in [2.05, 4.69) is 15.0 Å². The van der Waals surface area contributed by atoms with Gasteiger partial charge in [0.1, 0.15) is 11.6 Å². The van der Waals surface area contributed by atoms with Crippen molar-refractivity contribution in [2.45, 2.75) is 12.9 Å². The minimum absolute atomic E-state index is 0.114. The summed E-state index contributed by atoms with van der Waals surface area (Å²) in [5.74, 6) is -1.23. The van der Waals surface area contributed by atoms with E-state index in [4.69, 9.17) is 0 Å². The Hall–Kier alpha value is -3.62. The maximum absolute atomic E-state index is 14.2. The van der Waals surface area contributed by atoms with Gasteiger partial charge < -0.3 is 14.6 Å². The lowest BCUT2D eigenvalue weighted by Gasteiger charge is -2.08. The molecule has 0 aliphatic carbocycles. The molecule has 0 saturated carbocycles. The summed E-state index contributed by atoms with van der Waals surface area (Å²) in [6, 6.07) is 9.65. The summed E-state index contributed by atoms with van der Waals surface area (Å²) < 4.78 is 55.9. The Morgan fingerprint density at radius 1 is 1.17 bits per heavy atom. The number of benzene rings is 2. The number of carbonyl (C=O) groups excluding carboxylic acids is 1. The van der Waals surface area contributed by atoms with Gasteiger partial charge >= 0.3 is 6.36 Å². The molecule has 0 atom stereocenters. The van der Waals surface area contributed by atoms with Crippen molar-refractivity contribution >= 4 is 12.0 Å². The summed E-state index contributed by atoms with van der Waals surface area (Å²) in [7, 11) is 0. The number of rotatable bonds is 6. The van der Waals surface area contributed by atoms with Crippen LogP contribution < -0.4 is 10.1 Å². The Morgan fingerprint density at radius 3 is 2.55 bits per heavy atom. The zero-order valence-electron chi connectivity index (χ0n) is 14.9. The number of alkyl halides is 3. The van der Waals surface area contributed by atoms with Crippen molar-refractivity contribution in [2.24, 2.45) is 0 Å². The van der Waals surface area contributed by atoms with E-state index in [1.807, 2.05) is 0 Å². The molecular formula is C20H15F4N3O2. The van der Waals surface area contributed by atoms with Gasteiger partial charge in [0.25, 0.3) is 0 Å². The van der Waals surface area contributed by atoms with E-state index in [0.717, 1.165) is 12.1 Å². The monoisotopic (exact) mass is 405 g/mol. The summed E-state index contributed by atoms with van der Waals surface area (Å²) in [6.07, 6.45) is 2.55. The lowest BCUT2D eigenvalue weighted by atomic mass is 10.2. The fraction of sp³-hybridized carbons (Fsp3) is 0.100. The first kappa shape index (κ1) is 20.1. The highest BCUT2D eigenvalue weighted by molar-refractivity contribution is 5.91. The zero-order valence-corrected chi connectivity index (χ0v) is 14.9. The van der Waals surface area contributed by atoms with Crippen molar-refractivity contribution in [1.29, 1.82) is 0 Å². The molecular weight excluding hydrogens is 390 g/mol. The van der Waals surface area contributed by atoms with E-state index in [-0.39, 0.29) is 12.3 Å². The molecule has 9 heteroatoms. The molecule has 5 nitrogen and oxygen atoms in total. The third kappa shape index (κ3) is 5.93. The van der Waals surface area contributed by atoms with Gasteiger partial charge in [0.2, 0.25) is 5.91 Å². The first-order chi connectivity index (χ1) is 13.8. The van der Waals surface area contributed by atoms with Gasteiger partial charge in [-0.2, -0.15) is 0 Å². The van der Waals surface area contributed by atoms with Gasteiger partial charge in [0, 0.05) is 25.0 Å². The van der Waals surface area contributed by atoms with Crippen molar-refractivity contribution in [1.82, 2.24) is 14.9 Å². The number of ether oxygens (including phenoxy) is 1. The van der Waals surface area contributed by atoms with Crippen molar-refractivity contribution in [2.75, 3.05) is 0 Å². The number of hydrogen-bond donors (Lipinski definition) is 1. The van der Waals surface area contributed by atoms with Gasteiger partial charge in [0.15, 0.2) is 0 Å². The van der Waals surface area contributed by atoms with Gasteiger partial charge in [-0.3, -0.25) is 4.79 Å². The van der Waals surface area contributed by atoms with Gasteiger partial charge in [-0.15, -0.1) is 13.2 Å². The molecule has 150 valence electrons. The molecule has 2 aromatic carbocycles. The van der Waals surface area contributed by atoms with Crippen LogP contribution in [0.15, 0.2) is 67.3 Å². The van der Waals surface area contributed by atoms with Crippen LogP contribution in [0.3, 0.4) is 0 Å². The standard InChI is InChI=1S/C20H15F4N3O2/c21-17-11-15(3-7-18(17)27-10-9-25-13-27)12-26-19(28)8-4-14-1-5-16(6-2-14)29-20(22,23)24/h1-11,13H,12H2,(H,26,28). The van der Waals surface area contributed by atoms with Crippen LogP contribution in [0.4, 0.5) is 17.6 Å². The lowest BCUT2D eigenvalue weighted by Crippen LogP contribution is -2.20. The van der Waals surface area contributed by atoms with Crippen molar-refractivity contribution in [3.63, 3.8) is 0 Å². The summed E-state index contributed by atoms with van der Waals surface area (Å²) in [5.41, 5.74) is 1.43. The molecule has 0 radical (unpaired) electrons. The first-order valence-electron chi connectivity index (χ1n) is 8.39. The molecule has 1 N–H and O–H groups in total. The van der Waals surface area contributed by atoms with Gasteiger partial charge in [0.05, 0.1) is 12.0 Å². The summed E-state index contributed by atoms with van der Waals surface area (Å²) in [4.78, 5) is 15.8. The number of halogens is 4. The van der Waals surface area contributed by atoms with Crippen LogP contribution >= 0.6 is 0 Å². The third-order valence-electron chi connectivity index (χ3n) is 3.80. The summed E-state index contributed by atoms with van der Waals surface area (Å²) >= 11 is 0. The third-order valence-corrected chi connectivity index (χ3v) is 3.80. The highest BCUT2D eigenvalue weighted by Crippen LogP contribution is 2.23. The SMILES string of the molecule is O=C(C=Cc1ccc(OC(F)(F)F)cc1)NCc1ccc(-n2ccnc2)c(F)c1. The second-order valence-electron chi connectivity index (χ2n) is 5.92. The molecule has 0 spiro atoms. The molecule has 1 heterocycles. The van der Waals surface area contributed by atoms with E-state index >= 15 is 0 Å². The topological polar surface area (TPSA) is 56.1 Å². The van der Waals surface area contributed by atoms with Crippen LogP contribution in [-0.4, -0.2) is 21.8 Å². The number of hydrogen-bond acceptors (Lipinski definition) is 3. The molecule has 0 fully saturated rings. The highest BCUT2D eigenvalue weighted by atomic mass is 19.4.